The van der Waals surface area contributed by atoms with E-state index in [1.807, 2.05) is 19.9 Å². The summed E-state index contributed by atoms with van der Waals surface area (Å²) >= 11 is 0. The summed E-state index contributed by atoms with van der Waals surface area (Å²) in [6.45, 7) is 5.51. The standard InChI is InChI=1S/C21H25NO5S/c1-13(2)26-15-8-14(25-3)9-17(10-15)28(23,24)16-4-5-18-19-6-7-22-12-21(19)27-20(18)11-16/h4-5,8-11,13,19,21-22H,6-7,12H2,1-3H3. The molecule has 2 heterocycles. The van der Waals surface area contributed by atoms with Gasteiger partial charge in [-0.15, -0.1) is 0 Å². The van der Waals surface area contributed by atoms with E-state index in [0.29, 0.717) is 23.2 Å². The van der Waals surface area contributed by atoms with Crippen molar-refractivity contribution >= 4 is 9.84 Å². The quantitative estimate of drug-likeness (QED) is 0.827. The molecule has 2 unspecified atom stereocenters. The van der Waals surface area contributed by atoms with Crippen LogP contribution >= 0.6 is 0 Å². The zero-order valence-corrected chi connectivity index (χ0v) is 17.1. The van der Waals surface area contributed by atoms with Gasteiger partial charge in [-0.1, -0.05) is 6.07 Å². The van der Waals surface area contributed by atoms with Gasteiger partial charge in [-0.3, -0.25) is 0 Å². The van der Waals surface area contributed by atoms with Crippen molar-refractivity contribution in [3.63, 3.8) is 0 Å². The lowest BCUT2D eigenvalue weighted by atomic mass is 9.90. The van der Waals surface area contributed by atoms with Crippen molar-refractivity contribution in [2.24, 2.45) is 0 Å². The number of ether oxygens (including phenoxy) is 3. The van der Waals surface area contributed by atoms with Gasteiger partial charge in [0.15, 0.2) is 0 Å². The predicted molar refractivity (Wildman–Crippen MR) is 105 cm³/mol. The van der Waals surface area contributed by atoms with Crippen LogP contribution in [0.25, 0.3) is 0 Å². The van der Waals surface area contributed by atoms with E-state index in [-0.39, 0.29) is 22.0 Å². The van der Waals surface area contributed by atoms with E-state index in [0.717, 1.165) is 25.1 Å². The first-order valence-corrected chi connectivity index (χ1v) is 11.0. The molecule has 0 bridgehead atoms. The molecule has 0 aliphatic carbocycles. The monoisotopic (exact) mass is 403 g/mol. The van der Waals surface area contributed by atoms with Crippen molar-refractivity contribution < 1.29 is 22.6 Å². The number of hydrogen-bond donors (Lipinski definition) is 1. The highest BCUT2D eigenvalue weighted by molar-refractivity contribution is 7.91. The molecule has 2 atom stereocenters. The summed E-state index contributed by atoms with van der Waals surface area (Å²) in [5.41, 5.74) is 1.10. The Labute approximate surface area is 165 Å². The minimum absolute atomic E-state index is 0.0737. The average molecular weight is 404 g/mol. The number of piperidine rings is 1. The van der Waals surface area contributed by atoms with E-state index in [4.69, 9.17) is 14.2 Å². The Morgan fingerprint density at radius 3 is 2.64 bits per heavy atom. The molecule has 0 amide bonds. The minimum atomic E-state index is -3.74. The van der Waals surface area contributed by atoms with Crippen LogP contribution in [0.15, 0.2) is 46.2 Å². The first-order valence-electron chi connectivity index (χ1n) is 9.50. The van der Waals surface area contributed by atoms with Gasteiger partial charge in [-0.25, -0.2) is 8.42 Å². The first-order chi connectivity index (χ1) is 13.4. The smallest absolute Gasteiger partial charge is 0.207 e. The zero-order chi connectivity index (χ0) is 19.9. The maximum atomic E-state index is 13.3. The van der Waals surface area contributed by atoms with Crippen LogP contribution in [0.2, 0.25) is 0 Å². The maximum absolute atomic E-state index is 13.3. The molecule has 2 aliphatic rings. The minimum Gasteiger partial charge on any atom is -0.497 e. The predicted octanol–water partition coefficient (Wildman–Crippen LogP) is 3.15. The molecule has 4 rings (SSSR count). The average Bonchev–Trinajstić information content (AvgIpc) is 3.05. The molecule has 1 N–H and O–H groups in total. The normalized spacial score (nSPS) is 21.0. The summed E-state index contributed by atoms with van der Waals surface area (Å²) in [5, 5.41) is 3.33. The van der Waals surface area contributed by atoms with E-state index in [9.17, 15) is 8.42 Å². The molecular weight excluding hydrogens is 378 g/mol. The van der Waals surface area contributed by atoms with Gasteiger partial charge in [-0.05, 0) is 51.1 Å². The molecule has 2 aromatic rings. The van der Waals surface area contributed by atoms with Crippen molar-refractivity contribution in [3.8, 4) is 17.2 Å². The third kappa shape index (κ3) is 3.44. The van der Waals surface area contributed by atoms with Crippen molar-refractivity contribution in [2.75, 3.05) is 20.2 Å². The summed E-state index contributed by atoms with van der Waals surface area (Å²) in [4.78, 5) is 0.348. The molecule has 1 fully saturated rings. The van der Waals surface area contributed by atoms with E-state index in [1.165, 1.54) is 19.2 Å². The number of sulfone groups is 1. The van der Waals surface area contributed by atoms with Crippen molar-refractivity contribution in [2.45, 2.75) is 48.2 Å². The molecule has 28 heavy (non-hydrogen) atoms. The van der Waals surface area contributed by atoms with Crippen molar-refractivity contribution in [1.82, 2.24) is 5.32 Å². The van der Waals surface area contributed by atoms with Crippen LogP contribution in [0.3, 0.4) is 0 Å². The van der Waals surface area contributed by atoms with E-state index in [1.54, 1.807) is 18.2 Å². The van der Waals surface area contributed by atoms with Gasteiger partial charge in [0.05, 0.1) is 23.0 Å². The summed E-state index contributed by atoms with van der Waals surface area (Å²) in [7, 11) is -2.24. The molecule has 1 saturated heterocycles. The number of benzene rings is 2. The molecule has 0 saturated carbocycles. The van der Waals surface area contributed by atoms with Crippen LogP contribution < -0.4 is 19.5 Å². The Morgan fingerprint density at radius 1 is 1.11 bits per heavy atom. The number of fused-ring (bicyclic) bond motifs is 3. The fourth-order valence-corrected chi connectivity index (χ4v) is 5.18. The second kappa shape index (κ2) is 7.29. The first kappa shape index (κ1) is 19.1. The number of rotatable bonds is 5. The lowest BCUT2D eigenvalue weighted by Gasteiger charge is -2.24. The molecule has 0 spiro atoms. The lowest BCUT2D eigenvalue weighted by molar-refractivity contribution is 0.176. The Morgan fingerprint density at radius 2 is 1.89 bits per heavy atom. The fraction of sp³-hybridized carbons (Fsp3) is 0.429. The second-order valence-corrected chi connectivity index (χ2v) is 9.42. The zero-order valence-electron chi connectivity index (χ0n) is 16.3. The second-order valence-electron chi connectivity index (χ2n) is 7.47. The summed E-state index contributed by atoms with van der Waals surface area (Å²) in [5.74, 6) is 1.89. The van der Waals surface area contributed by atoms with Gasteiger partial charge < -0.3 is 19.5 Å². The van der Waals surface area contributed by atoms with Crippen LogP contribution in [0, 0.1) is 0 Å². The highest BCUT2D eigenvalue weighted by Gasteiger charge is 2.37. The van der Waals surface area contributed by atoms with Crippen LogP contribution in [-0.2, 0) is 9.84 Å². The van der Waals surface area contributed by atoms with Gasteiger partial charge in [0.1, 0.15) is 23.4 Å². The van der Waals surface area contributed by atoms with Crippen LogP contribution in [0.5, 0.6) is 17.2 Å². The Kier molecular flexibility index (Phi) is 4.97. The lowest BCUT2D eigenvalue weighted by Crippen LogP contribution is -2.39. The van der Waals surface area contributed by atoms with E-state index in [2.05, 4.69) is 5.32 Å². The fourth-order valence-electron chi connectivity index (χ4n) is 3.86. The number of hydrogen-bond acceptors (Lipinski definition) is 6. The summed E-state index contributed by atoms with van der Waals surface area (Å²) < 4.78 is 43.5. The van der Waals surface area contributed by atoms with Gasteiger partial charge in [0.2, 0.25) is 9.84 Å². The third-order valence-electron chi connectivity index (χ3n) is 5.17. The Hall–Kier alpha value is -2.25. The molecule has 150 valence electrons. The Balaban J connectivity index is 1.72. The number of nitrogens with one attached hydrogen (secondary N) is 1. The van der Waals surface area contributed by atoms with Crippen LogP contribution in [-0.4, -0.2) is 40.8 Å². The van der Waals surface area contributed by atoms with Gasteiger partial charge in [0.25, 0.3) is 0 Å². The highest BCUT2D eigenvalue weighted by Crippen LogP contribution is 2.43. The van der Waals surface area contributed by atoms with Crippen molar-refractivity contribution in [1.29, 1.82) is 0 Å². The van der Waals surface area contributed by atoms with Crippen LogP contribution in [0.1, 0.15) is 31.7 Å². The highest BCUT2D eigenvalue weighted by atomic mass is 32.2. The maximum Gasteiger partial charge on any atom is 0.207 e. The third-order valence-corrected chi connectivity index (χ3v) is 6.90. The van der Waals surface area contributed by atoms with E-state index >= 15 is 0 Å². The largest absolute Gasteiger partial charge is 0.497 e. The van der Waals surface area contributed by atoms with Gasteiger partial charge in [0, 0.05) is 24.1 Å². The molecule has 2 aliphatic heterocycles. The summed E-state index contributed by atoms with van der Waals surface area (Å²) in [6.07, 6.45) is 0.993. The Bertz CT molecular complexity index is 986. The molecular formula is C21H25NO5S. The topological polar surface area (TPSA) is 73.9 Å². The van der Waals surface area contributed by atoms with Crippen molar-refractivity contribution in [3.05, 3.63) is 42.0 Å². The molecule has 0 aromatic heterocycles. The van der Waals surface area contributed by atoms with E-state index < -0.39 is 9.84 Å². The van der Waals surface area contributed by atoms with Gasteiger partial charge in [-0.2, -0.15) is 0 Å². The summed E-state index contributed by atoms with van der Waals surface area (Å²) in [6, 6.07) is 9.94. The molecule has 2 aromatic carbocycles. The molecule has 0 radical (unpaired) electrons. The van der Waals surface area contributed by atoms with Crippen LogP contribution in [0.4, 0.5) is 0 Å². The molecule has 7 heteroatoms. The van der Waals surface area contributed by atoms with Gasteiger partial charge >= 0.3 is 0 Å². The number of methoxy groups -OCH3 is 1. The molecule has 6 nitrogen and oxygen atoms in total. The SMILES string of the molecule is COc1cc(OC(C)C)cc(S(=O)(=O)c2ccc3c(c2)OC2CNCCC32)c1.